The zero-order chi connectivity index (χ0) is 23.3. The van der Waals surface area contributed by atoms with Crippen LogP contribution in [0.5, 0.6) is 23.4 Å². The molecule has 1 amide bonds. The lowest BCUT2D eigenvalue weighted by Gasteiger charge is -2.14. The number of halogens is 4. The monoisotopic (exact) mass is 467 g/mol. The van der Waals surface area contributed by atoms with Crippen LogP contribution in [0, 0.1) is 23.3 Å². The minimum Gasteiger partial charge on any atom is -0.435 e. The number of aromatic nitrogens is 2. The first kappa shape index (κ1) is 23.3. The number of thioether (sulfide) groups is 1. The molecule has 1 atom stereocenters. The molecule has 0 saturated heterocycles. The molecule has 0 radical (unpaired) electrons. The molecule has 0 fully saturated rings. The van der Waals surface area contributed by atoms with Crippen LogP contribution in [0.3, 0.4) is 0 Å². The van der Waals surface area contributed by atoms with E-state index in [-0.39, 0.29) is 16.6 Å². The van der Waals surface area contributed by atoms with Crippen LogP contribution in [0.15, 0.2) is 42.6 Å². The molecule has 1 N–H and O–H groups in total. The lowest BCUT2D eigenvalue weighted by molar-refractivity contribution is 0.0950. The summed E-state index contributed by atoms with van der Waals surface area (Å²) in [6.45, 7) is 2.23. The van der Waals surface area contributed by atoms with Gasteiger partial charge in [-0.05, 0) is 30.5 Å². The number of hydrogen-bond donors (Lipinski definition) is 1. The van der Waals surface area contributed by atoms with Gasteiger partial charge in [-0.3, -0.25) is 4.79 Å². The minimum absolute atomic E-state index is 0.114. The van der Waals surface area contributed by atoms with Gasteiger partial charge < -0.3 is 14.8 Å². The number of hydrogen-bond acceptors (Lipinski definition) is 6. The van der Waals surface area contributed by atoms with E-state index in [2.05, 4.69) is 15.3 Å². The Balaban J connectivity index is 1.94. The predicted octanol–water partition coefficient (Wildman–Crippen LogP) is 5.10. The highest BCUT2D eigenvalue weighted by Gasteiger charge is 2.20. The van der Waals surface area contributed by atoms with Crippen molar-refractivity contribution in [3.63, 3.8) is 0 Å². The molecule has 6 nitrogen and oxygen atoms in total. The number of carbonyl (C=O) groups is 1. The quantitative estimate of drug-likeness (QED) is 0.465. The van der Waals surface area contributed by atoms with E-state index < -0.39 is 46.8 Å². The number of nitrogens with one attached hydrogen (secondary N) is 1. The molecular weight excluding hydrogens is 450 g/mol. The Bertz CT molecular complexity index is 1130. The van der Waals surface area contributed by atoms with Crippen molar-refractivity contribution < 1.29 is 31.8 Å². The lowest BCUT2D eigenvalue weighted by Crippen LogP contribution is -2.29. The van der Waals surface area contributed by atoms with E-state index >= 15 is 0 Å². The van der Waals surface area contributed by atoms with Crippen molar-refractivity contribution in [2.75, 3.05) is 12.8 Å². The standard InChI is InChI=1S/C21H17F4N3O3S/c1-11(32-2)9-26-19(29)14-10-27-21(31-18-6-4-13(23)8-16(18)25)28-20(14)30-17-5-3-12(22)7-15(17)24/h3-8,10-11H,9H2,1-2H3,(H,26,29)/t11-/m1/s1. The minimum atomic E-state index is -1.03. The summed E-state index contributed by atoms with van der Waals surface area (Å²) in [5.74, 6) is -5.46. The SMILES string of the molecule is CS[C@H](C)CNC(=O)c1cnc(Oc2ccc(F)cc2F)nc1Oc1ccc(F)cc1F. The van der Waals surface area contributed by atoms with Crippen LogP contribution >= 0.6 is 11.8 Å². The second-order valence-electron chi connectivity index (χ2n) is 6.48. The molecule has 0 unspecified atom stereocenters. The van der Waals surface area contributed by atoms with Gasteiger partial charge >= 0.3 is 6.01 Å². The zero-order valence-electron chi connectivity index (χ0n) is 16.9. The molecule has 2 aromatic carbocycles. The third kappa shape index (κ3) is 5.88. The third-order valence-corrected chi connectivity index (χ3v) is 5.10. The van der Waals surface area contributed by atoms with E-state index in [0.29, 0.717) is 18.7 Å². The first-order valence-corrected chi connectivity index (χ1v) is 10.5. The second kappa shape index (κ2) is 10.3. The van der Waals surface area contributed by atoms with Crippen LogP contribution in [-0.4, -0.2) is 33.9 Å². The van der Waals surface area contributed by atoms with E-state index in [1.807, 2.05) is 13.2 Å². The maximum Gasteiger partial charge on any atom is 0.325 e. The van der Waals surface area contributed by atoms with E-state index in [1.165, 1.54) is 11.8 Å². The Morgan fingerprint density at radius 1 is 1.03 bits per heavy atom. The van der Waals surface area contributed by atoms with Crippen molar-refractivity contribution in [2.45, 2.75) is 12.2 Å². The number of carbonyl (C=O) groups excluding carboxylic acids is 1. The van der Waals surface area contributed by atoms with Crippen LogP contribution in [0.4, 0.5) is 17.6 Å². The summed E-state index contributed by atoms with van der Waals surface area (Å²) < 4.78 is 64.9. The van der Waals surface area contributed by atoms with E-state index in [9.17, 15) is 22.4 Å². The van der Waals surface area contributed by atoms with Crippen LogP contribution in [0.25, 0.3) is 0 Å². The van der Waals surface area contributed by atoms with Gasteiger partial charge in [0.2, 0.25) is 5.88 Å². The van der Waals surface area contributed by atoms with Gasteiger partial charge in [-0.25, -0.2) is 22.5 Å². The molecule has 1 heterocycles. The third-order valence-electron chi connectivity index (χ3n) is 4.12. The molecule has 0 saturated carbocycles. The molecule has 3 rings (SSSR count). The van der Waals surface area contributed by atoms with Gasteiger partial charge in [0.25, 0.3) is 5.91 Å². The van der Waals surface area contributed by atoms with Gasteiger partial charge in [0.1, 0.15) is 17.2 Å². The van der Waals surface area contributed by atoms with Gasteiger partial charge in [-0.2, -0.15) is 16.7 Å². The molecule has 1 aromatic heterocycles. The molecule has 0 aliphatic carbocycles. The number of benzene rings is 2. The number of amides is 1. The van der Waals surface area contributed by atoms with Crippen LogP contribution in [-0.2, 0) is 0 Å². The van der Waals surface area contributed by atoms with Gasteiger partial charge in [0, 0.05) is 23.9 Å². The summed E-state index contributed by atoms with van der Waals surface area (Å²) in [4.78, 5) is 20.4. The molecule has 0 bridgehead atoms. The maximum atomic E-state index is 14.1. The summed E-state index contributed by atoms with van der Waals surface area (Å²) in [5.41, 5.74) is -0.158. The summed E-state index contributed by atoms with van der Waals surface area (Å²) in [6, 6.07) is 4.74. The van der Waals surface area contributed by atoms with Crippen LogP contribution < -0.4 is 14.8 Å². The van der Waals surface area contributed by atoms with E-state index in [1.54, 1.807) is 0 Å². The summed E-state index contributed by atoms with van der Waals surface area (Å²) in [5, 5.41) is 2.78. The summed E-state index contributed by atoms with van der Waals surface area (Å²) in [7, 11) is 0. The molecule has 0 aliphatic heterocycles. The van der Waals surface area contributed by atoms with Gasteiger partial charge in [0.05, 0.1) is 6.20 Å². The fourth-order valence-corrected chi connectivity index (χ4v) is 2.62. The molecule has 32 heavy (non-hydrogen) atoms. The fraction of sp³-hybridized carbons (Fsp3) is 0.190. The summed E-state index contributed by atoms with van der Waals surface area (Å²) >= 11 is 1.53. The Hall–Kier alpha value is -3.34. The molecule has 168 valence electrons. The maximum absolute atomic E-state index is 14.1. The largest absolute Gasteiger partial charge is 0.435 e. The van der Waals surface area contributed by atoms with Crippen molar-refractivity contribution in [3.05, 3.63) is 71.4 Å². The Morgan fingerprint density at radius 2 is 1.62 bits per heavy atom. The first-order valence-electron chi connectivity index (χ1n) is 9.20. The van der Waals surface area contributed by atoms with Gasteiger partial charge in [-0.15, -0.1) is 0 Å². The molecule has 11 heteroatoms. The topological polar surface area (TPSA) is 73.3 Å². The van der Waals surface area contributed by atoms with Gasteiger partial charge in [0.15, 0.2) is 23.1 Å². The van der Waals surface area contributed by atoms with Crippen molar-refractivity contribution in [2.24, 2.45) is 0 Å². The van der Waals surface area contributed by atoms with Crippen molar-refractivity contribution in [1.29, 1.82) is 0 Å². The van der Waals surface area contributed by atoms with Gasteiger partial charge in [-0.1, -0.05) is 6.92 Å². The van der Waals surface area contributed by atoms with Crippen molar-refractivity contribution in [1.82, 2.24) is 15.3 Å². The average molecular weight is 467 g/mol. The van der Waals surface area contributed by atoms with Crippen LogP contribution in [0.1, 0.15) is 17.3 Å². The normalized spacial score (nSPS) is 11.7. The van der Waals surface area contributed by atoms with Crippen molar-refractivity contribution >= 4 is 17.7 Å². The summed E-state index contributed by atoms with van der Waals surface area (Å²) in [6.07, 6.45) is 2.94. The fourth-order valence-electron chi connectivity index (χ4n) is 2.37. The molecule has 0 spiro atoms. The molecule has 3 aromatic rings. The van der Waals surface area contributed by atoms with Crippen molar-refractivity contribution in [3.8, 4) is 23.4 Å². The molecule has 0 aliphatic rings. The number of rotatable bonds is 8. The predicted molar refractivity (Wildman–Crippen MR) is 110 cm³/mol. The molecular formula is C21H17F4N3O3S. The average Bonchev–Trinajstić information content (AvgIpc) is 2.76. The van der Waals surface area contributed by atoms with E-state index in [0.717, 1.165) is 30.5 Å². The first-order chi connectivity index (χ1) is 15.3. The Morgan fingerprint density at radius 3 is 2.19 bits per heavy atom. The second-order valence-corrected chi connectivity index (χ2v) is 7.76. The highest BCUT2D eigenvalue weighted by molar-refractivity contribution is 7.99. The Kier molecular flexibility index (Phi) is 7.52. The highest BCUT2D eigenvalue weighted by Crippen LogP contribution is 2.29. The lowest BCUT2D eigenvalue weighted by atomic mass is 10.3. The number of ether oxygens (including phenoxy) is 2. The number of nitrogens with zero attached hydrogens (tertiary/aromatic N) is 2. The highest BCUT2D eigenvalue weighted by atomic mass is 32.2. The smallest absolute Gasteiger partial charge is 0.325 e. The van der Waals surface area contributed by atoms with E-state index in [4.69, 9.17) is 9.47 Å². The zero-order valence-corrected chi connectivity index (χ0v) is 17.7. The van der Waals surface area contributed by atoms with Crippen LogP contribution in [0.2, 0.25) is 0 Å². The Labute approximate surface area is 185 Å².